The summed E-state index contributed by atoms with van der Waals surface area (Å²) < 4.78 is 1.01. The molecule has 1 rings (SSSR count). The summed E-state index contributed by atoms with van der Waals surface area (Å²) in [7, 11) is 1.94. The van der Waals surface area contributed by atoms with Crippen LogP contribution in [0.1, 0.15) is 25.5 Å². The van der Waals surface area contributed by atoms with E-state index in [9.17, 15) is 0 Å². The maximum atomic E-state index is 6.01. The zero-order valence-corrected chi connectivity index (χ0v) is 11.5. The smallest absolute Gasteiger partial charge is 0.0507 e. The molecule has 0 saturated carbocycles. The van der Waals surface area contributed by atoms with Crippen LogP contribution in [0.15, 0.2) is 34.3 Å². The fourth-order valence-electron chi connectivity index (χ4n) is 1.43. The summed E-state index contributed by atoms with van der Waals surface area (Å²) >= 11 is 9.45. The van der Waals surface area contributed by atoms with Crippen LogP contribution in [-0.2, 0) is 0 Å². The summed E-state index contributed by atoms with van der Waals surface area (Å²) in [6, 6.07) is 6.16. The van der Waals surface area contributed by atoms with Gasteiger partial charge in [-0.3, -0.25) is 0 Å². The van der Waals surface area contributed by atoms with Gasteiger partial charge in [0.15, 0.2) is 0 Å². The average Bonchev–Trinajstić information content (AvgIpc) is 2.12. The minimum Gasteiger partial charge on any atom is -0.310 e. The van der Waals surface area contributed by atoms with Gasteiger partial charge >= 0.3 is 0 Å². The van der Waals surface area contributed by atoms with E-state index in [2.05, 4.69) is 47.2 Å². The lowest BCUT2D eigenvalue weighted by molar-refractivity contribution is 0.709. The van der Waals surface area contributed by atoms with Crippen molar-refractivity contribution in [2.24, 2.45) is 0 Å². The summed E-state index contributed by atoms with van der Waals surface area (Å²) in [5.41, 5.74) is 2.45. The number of hydrogen-bond acceptors (Lipinski definition) is 1. The van der Waals surface area contributed by atoms with E-state index in [0.29, 0.717) is 0 Å². The van der Waals surface area contributed by atoms with Crippen molar-refractivity contribution in [1.29, 1.82) is 0 Å². The number of nitrogens with one attached hydrogen (secondary N) is 1. The molecular weight excluding hydrogens is 273 g/mol. The highest BCUT2D eigenvalue weighted by Gasteiger charge is 2.07. The minimum absolute atomic E-state index is 0.213. The first-order valence-corrected chi connectivity index (χ1v) is 5.98. The van der Waals surface area contributed by atoms with Gasteiger partial charge in [0.05, 0.1) is 6.04 Å². The molecule has 82 valence electrons. The van der Waals surface area contributed by atoms with Gasteiger partial charge in [0.2, 0.25) is 0 Å². The molecule has 0 amide bonds. The van der Waals surface area contributed by atoms with Crippen LogP contribution < -0.4 is 5.32 Å². The third-order valence-electron chi connectivity index (χ3n) is 2.06. The van der Waals surface area contributed by atoms with Gasteiger partial charge in [-0.2, -0.15) is 0 Å². The standard InChI is InChI=1S/C12H15BrClN/c1-8(2)4-12(15-3)9-5-10(13)7-11(14)6-9/h4-7,12,15H,1-3H3. The molecular formula is C12H15BrClN. The SMILES string of the molecule is CNC(C=C(C)C)c1cc(Cl)cc(Br)c1. The molecule has 0 fully saturated rings. The molecule has 1 atom stereocenters. The molecule has 0 aliphatic carbocycles. The molecule has 1 aromatic carbocycles. The Balaban J connectivity index is 3.07. The molecule has 0 aliphatic rings. The summed E-state index contributed by atoms with van der Waals surface area (Å²) in [4.78, 5) is 0. The van der Waals surface area contributed by atoms with Crippen molar-refractivity contribution in [1.82, 2.24) is 5.32 Å². The maximum absolute atomic E-state index is 6.01. The Labute approximate surface area is 105 Å². The van der Waals surface area contributed by atoms with Crippen molar-refractivity contribution in [3.05, 3.63) is 44.9 Å². The molecule has 0 saturated heterocycles. The number of allylic oxidation sites excluding steroid dienone is 1. The summed E-state index contributed by atoms with van der Waals surface area (Å²) in [5, 5.41) is 4.00. The second-order valence-electron chi connectivity index (χ2n) is 3.71. The van der Waals surface area contributed by atoms with Gasteiger partial charge in [-0.15, -0.1) is 0 Å². The Hall–Kier alpha value is -0.310. The molecule has 1 N–H and O–H groups in total. The Morgan fingerprint density at radius 3 is 2.53 bits per heavy atom. The van der Waals surface area contributed by atoms with Crippen LogP contribution in [0.25, 0.3) is 0 Å². The fourth-order valence-corrected chi connectivity index (χ4v) is 2.32. The topological polar surface area (TPSA) is 12.0 Å². The third-order valence-corrected chi connectivity index (χ3v) is 2.73. The van der Waals surface area contributed by atoms with E-state index in [1.807, 2.05) is 19.2 Å². The number of likely N-dealkylation sites (N-methyl/N-ethyl adjacent to an activating group) is 1. The minimum atomic E-state index is 0.213. The quantitative estimate of drug-likeness (QED) is 0.816. The van der Waals surface area contributed by atoms with Crippen molar-refractivity contribution in [2.45, 2.75) is 19.9 Å². The van der Waals surface area contributed by atoms with E-state index in [4.69, 9.17) is 11.6 Å². The second kappa shape index (κ2) is 5.69. The first-order valence-electron chi connectivity index (χ1n) is 4.81. The van der Waals surface area contributed by atoms with E-state index >= 15 is 0 Å². The zero-order valence-electron chi connectivity index (χ0n) is 9.14. The van der Waals surface area contributed by atoms with E-state index in [1.54, 1.807) is 0 Å². The first-order chi connectivity index (χ1) is 7.02. The Kier molecular flexibility index (Phi) is 4.84. The molecule has 0 radical (unpaired) electrons. The number of hydrogen-bond donors (Lipinski definition) is 1. The highest BCUT2D eigenvalue weighted by atomic mass is 79.9. The van der Waals surface area contributed by atoms with Crippen molar-refractivity contribution in [3.63, 3.8) is 0 Å². The molecule has 0 heterocycles. The zero-order chi connectivity index (χ0) is 11.4. The first kappa shape index (κ1) is 12.8. The molecule has 0 aliphatic heterocycles. The molecule has 1 aromatic rings. The van der Waals surface area contributed by atoms with Gasteiger partial charge in [0, 0.05) is 9.50 Å². The van der Waals surface area contributed by atoms with Gasteiger partial charge in [0.25, 0.3) is 0 Å². The molecule has 0 spiro atoms. The van der Waals surface area contributed by atoms with Crippen LogP contribution in [0.3, 0.4) is 0 Å². The molecule has 1 unspecified atom stereocenters. The van der Waals surface area contributed by atoms with Gasteiger partial charge in [-0.25, -0.2) is 0 Å². The number of benzene rings is 1. The van der Waals surface area contributed by atoms with Crippen LogP contribution >= 0.6 is 27.5 Å². The second-order valence-corrected chi connectivity index (χ2v) is 5.07. The van der Waals surface area contributed by atoms with Crippen LogP contribution in [0.4, 0.5) is 0 Å². The lowest BCUT2D eigenvalue weighted by Gasteiger charge is -2.14. The van der Waals surface area contributed by atoms with Gasteiger partial charge < -0.3 is 5.32 Å². The van der Waals surface area contributed by atoms with Gasteiger partial charge in [-0.1, -0.05) is 39.2 Å². The normalized spacial score (nSPS) is 12.3. The lowest BCUT2D eigenvalue weighted by Crippen LogP contribution is -2.14. The highest BCUT2D eigenvalue weighted by molar-refractivity contribution is 9.10. The number of rotatable bonds is 3. The van der Waals surface area contributed by atoms with E-state index in [1.165, 1.54) is 5.57 Å². The lowest BCUT2D eigenvalue weighted by atomic mass is 10.1. The summed E-state index contributed by atoms with van der Waals surface area (Å²) in [6.45, 7) is 4.17. The van der Waals surface area contributed by atoms with E-state index in [-0.39, 0.29) is 6.04 Å². The monoisotopic (exact) mass is 287 g/mol. The Morgan fingerprint density at radius 2 is 2.07 bits per heavy atom. The Bertz CT molecular complexity index is 350. The van der Waals surface area contributed by atoms with Crippen molar-refractivity contribution in [3.8, 4) is 0 Å². The third kappa shape index (κ3) is 3.98. The predicted molar refractivity (Wildman–Crippen MR) is 70.4 cm³/mol. The molecule has 3 heteroatoms. The molecule has 15 heavy (non-hydrogen) atoms. The van der Waals surface area contributed by atoms with Crippen molar-refractivity contribution < 1.29 is 0 Å². The largest absolute Gasteiger partial charge is 0.310 e. The molecule has 1 nitrogen and oxygen atoms in total. The fraction of sp³-hybridized carbons (Fsp3) is 0.333. The van der Waals surface area contributed by atoms with Crippen LogP contribution in [0.2, 0.25) is 5.02 Å². The van der Waals surface area contributed by atoms with Crippen LogP contribution in [0.5, 0.6) is 0 Å². The molecule has 0 aromatic heterocycles. The highest BCUT2D eigenvalue weighted by Crippen LogP contribution is 2.24. The van der Waals surface area contributed by atoms with Gasteiger partial charge in [-0.05, 0) is 44.7 Å². The van der Waals surface area contributed by atoms with Crippen molar-refractivity contribution >= 4 is 27.5 Å². The maximum Gasteiger partial charge on any atom is 0.0507 e. The van der Waals surface area contributed by atoms with Crippen molar-refractivity contribution in [2.75, 3.05) is 7.05 Å². The van der Waals surface area contributed by atoms with Crippen LogP contribution in [-0.4, -0.2) is 7.05 Å². The van der Waals surface area contributed by atoms with E-state index < -0.39 is 0 Å². The summed E-state index contributed by atoms with van der Waals surface area (Å²) in [6.07, 6.45) is 2.18. The van der Waals surface area contributed by atoms with E-state index in [0.717, 1.165) is 15.1 Å². The summed E-state index contributed by atoms with van der Waals surface area (Å²) in [5.74, 6) is 0. The average molecular weight is 289 g/mol. The Morgan fingerprint density at radius 1 is 1.40 bits per heavy atom. The van der Waals surface area contributed by atoms with Gasteiger partial charge in [0.1, 0.15) is 0 Å². The number of halogens is 2. The predicted octanol–water partition coefficient (Wildman–Crippen LogP) is 4.33. The molecule has 0 bridgehead atoms. The van der Waals surface area contributed by atoms with Crippen LogP contribution in [0, 0.1) is 0 Å².